The first-order valence-electron chi connectivity index (χ1n) is 6.69. The van der Waals surface area contributed by atoms with E-state index in [1.165, 1.54) is 10.4 Å². The Hall–Kier alpha value is -1.40. The molecule has 3 heterocycles. The lowest BCUT2D eigenvalue weighted by Gasteiger charge is -2.27. The highest BCUT2D eigenvalue weighted by Gasteiger charge is 2.22. The third-order valence-electron chi connectivity index (χ3n) is 3.59. The van der Waals surface area contributed by atoms with Gasteiger partial charge in [-0.05, 0) is 45.4 Å². The summed E-state index contributed by atoms with van der Waals surface area (Å²) in [4.78, 5) is 20.0. The van der Waals surface area contributed by atoms with E-state index in [9.17, 15) is 4.79 Å². The van der Waals surface area contributed by atoms with Gasteiger partial charge in [-0.2, -0.15) is 0 Å². The molecule has 0 saturated heterocycles. The lowest BCUT2D eigenvalue weighted by Crippen LogP contribution is -2.36. The van der Waals surface area contributed by atoms with Gasteiger partial charge in [0, 0.05) is 34.2 Å². The molecule has 110 valence electrons. The Kier molecular flexibility index (Phi) is 4.26. The Balaban J connectivity index is 1.74. The molecule has 1 aliphatic heterocycles. The maximum atomic E-state index is 12.5. The fourth-order valence-electron chi connectivity index (χ4n) is 2.52. The monoisotopic (exact) mass is 366 g/mol. The number of rotatable bonds is 3. The number of thiophene rings is 1. The molecule has 0 aliphatic carbocycles. The number of amides is 1. The van der Waals surface area contributed by atoms with Crippen molar-refractivity contribution in [2.75, 3.05) is 13.7 Å². The van der Waals surface area contributed by atoms with Crippen molar-refractivity contribution in [3.05, 3.63) is 44.2 Å². The molecule has 0 spiro atoms. The van der Waals surface area contributed by atoms with Crippen molar-refractivity contribution in [2.24, 2.45) is 0 Å². The lowest BCUT2D eigenvalue weighted by atomic mass is 10.1. The number of halogens is 1. The zero-order valence-corrected chi connectivity index (χ0v) is 14.0. The molecular formula is C15H15BrN2O2S. The van der Waals surface area contributed by atoms with Crippen molar-refractivity contribution >= 4 is 33.2 Å². The Morgan fingerprint density at radius 2 is 2.43 bits per heavy atom. The van der Waals surface area contributed by atoms with Crippen LogP contribution in [0.1, 0.15) is 16.0 Å². The highest BCUT2D eigenvalue weighted by molar-refractivity contribution is 9.10. The molecule has 0 aromatic carbocycles. The number of methoxy groups -OCH3 is 1. The van der Waals surface area contributed by atoms with Crippen molar-refractivity contribution in [1.29, 1.82) is 0 Å². The SMILES string of the molecule is COc1ncc(Br)cc1CC(=O)N1CCc2sccc2C1. The number of hydrogen-bond acceptors (Lipinski definition) is 4. The van der Waals surface area contributed by atoms with Crippen molar-refractivity contribution < 1.29 is 9.53 Å². The van der Waals surface area contributed by atoms with Gasteiger partial charge in [0.05, 0.1) is 13.5 Å². The van der Waals surface area contributed by atoms with Crippen molar-refractivity contribution in [3.8, 4) is 5.88 Å². The zero-order valence-electron chi connectivity index (χ0n) is 11.6. The molecular weight excluding hydrogens is 352 g/mol. The van der Waals surface area contributed by atoms with Gasteiger partial charge in [-0.1, -0.05) is 0 Å². The number of aromatic nitrogens is 1. The van der Waals surface area contributed by atoms with Gasteiger partial charge in [-0.15, -0.1) is 11.3 Å². The molecule has 4 nitrogen and oxygen atoms in total. The second-order valence-electron chi connectivity index (χ2n) is 4.93. The van der Waals surface area contributed by atoms with E-state index in [0.29, 0.717) is 18.8 Å². The summed E-state index contributed by atoms with van der Waals surface area (Å²) in [7, 11) is 1.57. The van der Waals surface area contributed by atoms with Crippen LogP contribution in [0.25, 0.3) is 0 Å². The molecule has 3 rings (SSSR count). The fraction of sp³-hybridized carbons (Fsp3) is 0.333. The number of carbonyl (C=O) groups excluding carboxylic acids is 1. The molecule has 0 saturated carbocycles. The van der Waals surface area contributed by atoms with Crippen LogP contribution in [0.2, 0.25) is 0 Å². The van der Waals surface area contributed by atoms with E-state index >= 15 is 0 Å². The highest BCUT2D eigenvalue weighted by atomic mass is 79.9. The van der Waals surface area contributed by atoms with E-state index in [2.05, 4.69) is 32.4 Å². The quantitative estimate of drug-likeness (QED) is 0.838. The minimum atomic E-state index is 0.116. The Morgan fingerprint density at radius 1 is 1.57 bits per heavy atom. The van der Waals surface area contributed by atoms with Crippen molar-refractivity contribution in [3.63, 3.8) is 0 Å². The molecule has 2 aromatic heterocycles. The topological polar surface area (TPSA) is 42.4 Å². The third-order valence-corrected chi connectivity index (χ3v) is 5.04. The normalized spacial score (nSPS) is 13.9. The maximum absolute atomic E-state index is 12.5. The van der Waals surface area contributed by atoms with Crippen LogP contribution < -0.4 is 4.74 Å². The Morgan fingerprint density at radius 3 is 3.24 bits per heavy atom. The van der Waals surface area contributed by atoms with Crippen LogP contribution in [0.4, 0.5) is 0 Å². The summed E-state index contributed by atoms with van der Waals surface area (Å²) < 4.78 is 6.08. The molecule has 0 N–H and O–H groups in total. The van der Waals surface area contributed by atoms with E-state index in [1.807, 2.05) is 11.0 Å². The summed E-state index contributed by atoms with van der Waals surface area (Å²) in [5.74, 6) is 0.629. The van der Waals surface area contributed by atoms with Gasteiger partial charge >= 0.3 is 0 Å². The van der Waals surface area contributed by atoms with Crippen LogP contribution in [0, 0.1) is 0 Å². The predicted molar refractivity (Wildman–Crippen MR) is 85.6 cm³/mol. The van der Waals surface area contributed by atoms with E-state index in [-0.39, 0.29) is 5.91 Å². The fourth-order valence-corrected chi connectivity index (χ4v) is 3.78. The minimum absolute atomic E-state index is 0.116. The van der Waals surface area contributed by atoms with Crippen LogP contribution in [0.3, 0.4) is 0 Å². The number of fused-ring (bicyclic) bond motifs is 1. The summed E-state index contributed by atoms with van der Waals surface area (Å²) in [6.45, 7) is 1.50. The number of pyridine rings is 1. The molecule has 0 radical (unpaired) electrons. The molecule has 0 fully saturated rings. The smallest absolute Gasteiger partial charge is 0.227 e. The standard InChI is InChI=1S/C15H15BrN2O2S/c1-20-15-11(6-12(16)8-17-15)7-14(19)18-4-2-13-10(9-18)3-5-21-13/h3,5-6,8H,2,4,7,9H2,1H3. The van der Waals surface area contributed by atoms with Gasteiger partial charge < -0.3 is 9.64 Å². The maximum Gasteiger partial charge on any atom is 0.227 e. The van der Waals surface area contributed by atoms with Gasteiger partial charge in [0.2, 0.25) is 11.8 Å². The van der Waals surface area contributed by atoms with E-state index in [1.54, 1.807) is 24.6 Å². The molecule has 1 aliphatic rings. The molecule has 1 amide bonds. The van der Waals surface area contributed by atoms with Gasteiger partial charge in [0.1, 0.15) is 0 Å². The van der Waals surface area contributed by atoms with Crippen LogP contribution >= 0.6 is 27.3 Å². The molecule has 0 bridgehead atoms. The van der Waals surface area contributed by atoms with Crippen molar-refractivity contribution in [2.45, 2.75) is 19.4 Å². The largest absolute Gasteiger partial charge is 0.481 e. The first-order valence-corrected chi connectivity index (χ1v) is 8.36. The van der Waals surface area contributed by atoms with Crippen LogP contribution in [0.15, 0.2) is 28.2 Å². The summed E-state index contributed by atoms with van der Waals surface area (Å²) in [6.07, 6.45) is 2.94. The summed E-state index contributed by atoms with van der Waals surface area (Å²) in [6, 6.07) is 4.00. The molecule has 2 aromatic rings. The van der Waals surface area contributed by atoms with E-state index in [4.69, 9.17) is 4.74 Å². The second-order valence-corrected chi connectivity index (χ2v) is 6.85. The first kappa shape index (κ1) is 14.5. The number of nitrogens with zero attached hydrogens (tertiary/aromatic N) is 2. The molecule has 0 unspecified atom stereocenters. The molecule has 0 atom stereocenters. The minimum Gasteiger partial charge on any atom is -0.481 e. The second kappa shape index (κ2) is 6.15. The number of carbonyl (C=O) groups is 1. The number of hydrogen-bond donors (Lipinski definition) is 0. The summed E-state index contributed by atoms with van der Waals surface area (Å²) in [5, 5.41) is 2.10. The van der Waals surface area contributed by atoms with Gasteiger partial charge in [0.25, 0.3) is 0 Å². The number of ether oxygens (including phenoxy) is 1. The van der Waals surface area contributed by atoms with Crippen molar-refractivity contribution in [1.82, 2.24) is 9.88 Å². The Labute approximate surface area is 135 Å². The molecule has 6 heteroatoms. The summed E-state index contributed by atoms with van der Waals surface area (Å²) >= 11 is 5.16. The van der Waals surface area contributed by atoms with Crippen LogP contribution in [0.5, 0.6) is 5.88 Å². The van der Waals surface area contributed by atoms with Crippen LogP contribution in [-0.4, -0.2) is 29.4 Å². The third kappa shape index (κ3) is 3.11. The zero-order chi connectivity index (χ0) is 14.8. The molecule has 21 heavy (non-hydrogen) atoms. The summed E-state index contributed by atoms with van der Waals surface area (Å²) in [5.41, 5.74) is 2.09. The first-order chi connectivity index (χ1) is 10.2. The van der Waals surface area contributed by atoms with E-state index in [0.717, 1.165) is 23.0 Å². The average Bonchev–Trinajstić information content (AvgIpc) is 2.94. The highest BCUT2D eigenvalue weighted by Crippen LogP contribution is 2.26. The van der Waals surface area contributed by atoms with Gasteiger partial charge in [-0.25, -0.2) is 4.98 Å². The predicted octanol–water partition coefficient (Wildman–Crippen LogP) is 3.04. The van der Waals surface area contributed by atoms with Crippen LogP contribution in [-0.2, 0) is 24.2 Å². The van der Waals surface area contributed by atoms with Gasteiger partial charge in [-0.3, -0.25) is 4.79 Å². The Bertz CT molecular complexity index is 671. The lowest BCUT2D eigenvalue weighted by molar-refractivity contribution is -0.131. The van der Waals surface area contributed by atoms with E-state index < -0.39 is 0 Å². The van der Waals surface area contributed by atoms with Gasteiger partial charge in [0.15, 0.2) is 0 Å². The average molecular weight is 367 g/mol.